The molecular weight excluding hydrogens is 234 g/mol. The Labute approximate surface area is 103 Å². The monoisotopic (exact) mass is 245 g/mol. The molecule has 0 saturated carbocycles. The van der Waals surface area contributed by atoms with Gasteiger partial charge in [-0.2, -0.15) is 0 Å². The molecule has 2 rings (SSSR count). The molecule has 0 amide bonds. The molecule has 0 atom stereocenters. The molecule has 0 radical (unpaired) electrons. The molecule has 1 heterocycles. The van der Waals surface area contributed by atoms with Crippen LogP contribution in [-0.4, -0.2) is 23.5 Å². The first kappa shape index (κ1) is 11.5. The molecule has 2 N–H and O–H groups in total. The smallest absolute Gasteiger partial charge is 0.143 e. The molecule has 86 valence electrons. The second-order valence-electron chi connectivity index (χ2n) is 3.32. The van der Waals surface area contributed by atoms with Crippen LogP contribution in [0.5, 0.6) is 5.75 Å². The molecule has 1 aromatic heterocycles. The Kier molecular flexibility index (Phi) is 3.30. The van der Waals surface area contributed by atoms with Crippen molar-refractivity contribution in [2.24, 2.45) is 0 Å². The number of aromatic nitrogens is 1. The van der Waals surface area contributed by atoms with Gasteiger partial charge in [0.1, 0.15) is 16.5 Å². The van der Waals surface area contributed by atoms with Gasteiger partial charge in [-0.3, -0.25) is 10.8 Å². The fourth-order valence-electron chi connectivity index (χ4n) is 1.36. The van der Waals surface area contributed by atoms with E-state index in [2.05, 4.69) is 4.98 Å². The summed E-state index contributed by atoms with van der Waals surface area (Å²) >= 11 is 1.36. The Balaban J connectivity index is 2.22. The number of methoxy groups -OCH3 is 1. The molecule has 0 saturated heterocycles. The van der Waals surface area contributed by atoms with Crippen molar-refractivity contribution >= 4 is 22.8 Å². The average molecular weight is 245 g/mol. The van der Waals surface area contributed by atoms with E-state index in [1.54, 1.807) is 43.0 Å². The third-order valence-corrected chi connectivity index (χ3v) is 3.07. The maximum Gasteiger partial charge on any atom is 0.143 e. The summed E-state index contributed by atoms with van der Waals surface area (Å²) in [6.07, 6.45) is 1.63. The largest absolute Gasteiger partial charge is 0.497 e. The van der Waals surface area contributed by atoms with Gasteiger partial charge >= 0.3 is 0 Å². The number of thiazole rings is 1. The Bertz CT molecular complexity index is 531. The third kappa shape index (κ3) is 2.39. The van der Waals surface area contributed by atoms with Crippen molar-refractivity contribution < 1.29 is 4.74 Å². The predicted molar refractivity (Wildman–Crippen MR) is 68.8 cm³/mol. The van der Waals surface area contributed by atoms with Crippen LogP contribution in [0.4, 0.5) is 0 Å². The normalized spacial score (nSPS) is 9.94. The van der Waals surface area contributed by atoms with Crippen LogP contribution in [-0.2, 0) is 0 Å². The van der Waals surface area contributed by atoms with E-state index in [0.717, 1.165) is 5.75 Å². The van der Waals surface area contributed by atoms with Crippen molar-refractivity contribution in [1.29, 1.82) is 10.8 Å². The summed E-state index contributed by atoms with van der Waals surface area (Å²) in [6, 6.07) is 7.09. The molecule has 0 aliphatic heterocycles. The Morgan fingerprint density at radius 2 is 1.88 bits per heavy atom. The maximum absolute atomic E-state index is 7.94. The number of rotatable bonds is 4. The lowest BCUT2D eigenvalue weighted by Crippen LogP contribution is -2.14. The number of ether oxygens (including phenoxy) is 1. The minimum atomic E-state index is 0.144. The first-order chi connectivity index (χ1) is 8.22. The van der Waals surface area contributed by atoms with Crippen molar-refractivity contribution in [3.63, 3.8) is 0 Å². The molecule has 1 aromatic carbocycles. The van der Waals surface area contributed by atoms with E-state index in [1.807, 2.05) is 0 Å². The summed E-state index contributed by atoms with van der Waals surface area (Å²) in [5, 5.41) is 18.2. The highest BCUT2D eigenvalue weighted by Gasteiger charge is 2.12. The van der Waals surface area contributed by atoms with Crippen molar-refractivity contribution in [2.45, 2.75) is 0 Å². The van der Waals surface area contributed by atoms with E-state index < -0.39 is 0 Å². The zero-order chi connectivity index (χ0) is 12.3. The zero-order valence-corrected chi connectivity index (χ0v) is 10.0. The van der Waals surface area contributed by atoms with E-state index in [4.69, 9.17) is 15.6 Å². The number of benzene rings is 1. The van der Waals surface area contributed by atoms with Gasteiger partial charge in [0.2, 0.25) is 0 Å². The Morgan fingerprint density at radius 3 is 2.41 bits per heavy atom. The molecule has 17 heavy (non-hydrogen) atoms. The number of hydrogen-bond acceptors (Lipinski definition) is 5. The number of hydrogen-bond donors (Lipinski definition) is 2. The molecule has 2 aromatic rings. The highest BCUT2D eigenvalue weighted by Crippen LogP contribution is 2.14. The summed E-state index contributed by atoms with van der Waals surface area (Å²) < 4.78 is 5.05. The van der Waals surface area contributed by atoms with Gasteiger partial charge in [-0.15, -0.1) is 11.3 Å². The second-order valence-corrected chi connectivity index (χ2v) is 4.21. The van der Waals surface area contributed by atoms with Crippen LogP contribution < -0.4 is 4.74 Å². The molecule has 0 spiro atoms. The minimum absolute atomic E-state index is 0.144. The highest BCUT2D eigenvalue weighted by molar-refractivity contribution is 7.12. The number of nitrogens with one attached hydrogen (secondary N) is 2. The Morgan fingerprint density at radius 1 is 1.18 bits per heavy atom. The van der Waals surface area contributed by atoms with Gasteiger partial charge < -0.3 is 4.74 Å². The lowest BCUT2D eigenvalue weighted by atomic mass is 10.1. The van der Waals surface area contributed by atoms with Gasteiger partial charge in [0.15, 0.2) is 0 Å². The van der Waals surface area contributed by atoms with Crippen molar-refractivity contribution in [1.82, 2.24) is 4.98 Å². The van der Waals surface area contributed by atoms with Crippen LogP contribution in [0.2, 0.25) is 0 Å². The van der Waals surface area contributed by atoms with Crippen LogP contribution in [0.3, 0.4) is 0 Å². The van der Waals surface area contributed by atoms with Crippen molar-refractivity contribution in [2.75, 3.05) is 7.11 Å². The highest BCUT2D eigenvalue weighted by atomic mass is 32.1. The summed E-state index contributed by atoms with van der Waals surface area (Å²) in [5.74, 6) is 0.738. The standard InChI is InChI=1S/C12H11N3OS/c1-16-9-4-2-8(3-5-9)10(13)11(14)12-15-6-7-17-12/h2-7,13-14H,1H3. The summed E-state index contributed by atoms with van der Waals surface area (Å²) in [6.45, 7) is 0. The van der Waals surface area contributed by atoms with Gasteiger partial charge in [0.05, 0.1) is 12.8 Å². The summed E-state index contributed by atoms with van der Waals surface area (Å²) in [5.41, 5.74) is 0.999. The summed E-state index contributed by atoms with van der Waals surface area (Å²) in [7, 11) is 1.60. The van der Waals surface area contributed by atoms with Gasteiger partial charge in [-0.25, -0.2) is 4.98 Å². The second kappa shape index (κ2) is 4.88. The molecule has 4 nitrogen and oxygen atoms in total. The molecule has 0 aliphatic rings. The van der Waals surface area contributed by atoms with Crippen LogP contribution >= 0.6 is 11.3 Å². The van der Waals surface area contributed by atoms with E-state index >= 15 is 0 Å². The van der Waals surface area contributed by atoms with E-state index in [0.29, 0.717) is 10.6 Å². The molecule has 0 fully saturated rings. The Hall–Kier alpha value is -2.01. The average Bonchev–Trinajstić information content (AvgIpc) is 2.91. The van der Waals surface area contributed by atoms with Crippen LogP contribution in [0.25, 0.3) is 0 Å². The molecular formula is C12H11N3OS. The fourth-order valence-corrected chi connectivity index (χ4v) is 1.95. The number of nitrogens with zero attached hydrogens (tertiary/aromatic N) is 1. The topological polar surface area (TPSA) is 69.8 Å². The van der Waals surface area contributed by atoms with Gasteiger partial charge in [-0.05, 0) is 24.3 Å². The van der Waals surface area contributed by atoms with E-state index in [9.17, 15) is 0 Å². The molecule has 5 heteroatoms. The van der Waals surface area contributed by atoms with Crippen molar-refractivity contribution in [3.05, 3.63) is 46.4 Å². The maximum atomic E-state index is 7.94. The van der Waals surface area contributed by atoms with Crippen molar-refractivity contribution in [3.8, 4) is 5.75 Å². The third-order valence-electron chi connectivity index (χ3n) is 2.27. The van der Waals surface area contributed by atoms with E-state index in [1.165, 1.54) is 11.3 Å². The SMILES string of the molecule is COc1ccc(C(=N)C(=N)c2nccs2)cc1. The molecule has 0 aliphatic carbocycles. The van der Waals surface area contributed by atoms with Crippen LogP contribution in [0.1, 0.15) is 10.6 Å². The minimum Gasteiger partial charge on any atom is -0.497 e. The lowest BCUT2D eigenvalue weighted by molar-refractivity contribution is 0.415. The van der Waals surface area contributed by atoms with Gasteiger partial charge in [0, 0.05) is 17.1 Å². The first-order valence-corrected chi connectivity index (χ1v) is 5.82. The van der Waals surface area contributed by atoms with Crippen LogP contribution in [0, 0.1) is 10.8 Å². The fraction of sp³-hybridized carbons (Fsp3) is 0.0833. The van der Waals surface area contributed by atoms with Gasteiger partial charge in [0.25, 0.3) is 0 Å². The zero-order valence-electron chi connectivity index (χ0n) is 9.23. The molecule has 0 unspecified atom stereocenters. The lowest BCUT2D eigenvalue weighted by Gasteiger charge is -2.05. The van der Waals surface area contributed by atoms with E-state index in [-0.39, 0.29) is 11.4 Å². The first-order valence-electron chi connectivity index (χ1n) is 4.94. The van der Waals surface area contributed by atoms with Crippen LogP contribution in [0.15, 0.2) is 35.8 Å². The summed E-state index contributed by atoms with van der Waals surface area (Å²) in [4.78, 5) is 4.02. The predicted octanol–water partition coefficient (Wildman–Crippen LogP) is 2.59. The molecule has 0 bridgehead atoms. The quantitative estimate of drug-likeness (QED) is 0.813. The van der Waals surface area contributed by atoms with Gasteiger partial charge in [-0.1, -0.05) is 0 Å².